The third kappa shape index (κ3) is 3.79. The number of carbonyl (C=O) groups is 1. The van der Waals surface area contributed by atoms with Crippen molar-refractivity contribution in [3.8, 4) is 0 Å². The van der Waals surface area contributed by atoms with Gasteiger partial charge in [0.2, 0.25) is 5.91 Å². The number of nitrogens with zero attached hydrogens (tertiary/aromatic N) is 2. The summed E-state index contributed by atoms with van der Waals surface area (Å²) in [5.41, 5.74) is 2.32. The van der Waals surface area contributed by atoms with Gasteiger partial charge in [0, 0.05) is 24.5 Å². The predicted molar refractivity (Wildman–Crippen MR) is 89.7 cm³/mol. The Morgan fingerprint density at radius 3 is 2.74 bits per heavy atom. The van der Waals surface area contributed by atoms with Gasteiger partial charge in [-0.3, -0.25) is 9.69 Å². The maximum atomic E-state index is 12.8. The van der Waals surface area contributed by atoms with Gasteiger partial charge in [-0.05, 0) is 38.3 Å². The second-order valence-electron chi connectivity index (χ2n) is 7.17. The minimum atomic E-state index is -0.232. The van der Waals surface area contributed by atoms with E-state index in [1.807, 2.05) is 33.0 Å². The Labute approximate surface area is 137 Å². The molecule has 0 spiro atoms. The zero-order chi connectivity index (χ0) is 16.4. The lowest BCUT2D eigenvalue weighted by Gasteiger charge is -2.37. The number of hydrogen-bond donors (Lipinski definition) is 2. The van der Waals surface area contributed by atoms with Crippen LogP contribution in [0.25, 0.3) is 0 Å². The molecule has 122 valence electrons. The topological polar surface area (TPSA) is 61.0 Å². The van der Waals surface area contributed by atoms with Crippen LogP contribution in [0.1, 0.15) is 37.7 Å². The number of amides is 1. The van der Waals surface area contributed by atoms with Gasteiger partial charge >= 0.3 is 0 Å². The van der Waals surface area contributed by atoms with Gasteiger partial charge < -0.3 is 10.3 Å². The van der Waals surface area contributed by atoms with Crippen molar-refractivity contribution in [2.24, 2.45) is 0 Å². The summed E-state index contributed by atoms with van der Waals surface area (Å²) in [7, 11) is 0. The Hall–Kier alpha value is -2.14. The number of rotatable bonds is 3. The van der Waals surface area contributed by atoms with Crippen molar-refractivity contribution in [1.29, 1.82) is 0 Å². The standard InChI is InChI=1S/C18H24N4O/c1-18(2,3)21-17(23)15-10-13-6-4-5-7-14(13)11-22(15)12-16-19-8-9-20-16/h4-9,15H,10-12H2,1-3H3,(H,19,20)(H,21,23)/t15-/m0/s1. The molecule has 5 heteroatoms. The van der Waals surface area contributed by atoms with Gasteiger partial charge in [-0.2, -0.15) is 0 Å². The molecule has 3 rings (SSSR count). The Bertz CT molecular complexity index is 673. The van der Waals surface area contributed by atoms with E-state index < -0.39 is 0 Å². The summed E-state index contributed by atoms with van der Waals surface area (Å²) in [5.74, 6) is 0.969. The van der Waals surface area contributed by atoms with E-state index in [0.717, 1.165) is 18.8 Å². The molecule has 23 heavy (non-hydrogen) atoms. The van der Waals surface area contributed by atoms with E-state index in [2.05, 4.69) is 38.4 Å². The van der Waals surface area contributed by atoms with Crippen LogP contribution in [-0.4, -0.2) is 32.4 Å². The molecular weight excluding hydrogens is 288 g/mol. The number of imidazole rings is 1. The molecule has 0 saturated carbocycles. The van der Waals surface area contributed by atoms with Gasteiger partial charge in [-0.15, -0.1) is 0 Å². The van der Waals surface area contributed by atoms with Gasteiger partial charge in [0.15, 0.2) is 0 Å². The number of benzene rings is 1. The molecule has 0 unspecified atom stereocenters. The van der Waals surface area contributed by atoms with Gasteiger partial charge in [-0.1, -0.05) is 24.3 Å². The van der Waals surface area contributed by atoms with Crippen LogP contribution in [0.2, 0.25) is 0 Å². The summed E-state index contributed by atoms with van der Waals surface area (Å²) in [4.78, 5) is 22.4. The number of fused-ring (bicyclic) bond motifs is 1. The largest absolute Gasteiger partial charge is 0.350 e. The van der Waals surface area contributed by atoms with Crippen molar-refractivity contribution in [3.05, 3.63) is 53.6 Å². The molecule has 1 aliphatic rings. The first-order chi connectivity index (χ1) is 10.9. The van der Waals surface area contributed by atoms with E-state index >= 15 is 0 Å². The normalized spacial score (nSPS) is 18.5. The maximum absolute atomic E-state index is 12.8. The lowest BCUT2D eigenvalue weighted by Crippen LogP contribution is -2.54. The smallest absolute Gasteiger partial charge is 0.238 e. The summed E-state index contributed by atoms with van der Waals surface area (Å²) in [6.07, 6.45) is 4.30. The molecule has 0 aliphatic carbocycles. The summed E-state index contributed by atoms with van der Waals surface area (Å²) >= 11 is 0. The first-order valence-corrected chi connectivity index (χ1v) is 8.03. The number of aromatic amines is 1. The van der Waals surface area contributed by atoms with Crippen molar-refractivity contribution in [3.63, 3.8) is 0 Å². The first kappa shape index (κ1) is 15.7. The molecule has 0 radical (unpaired) electrons. The number of H-pyrrole nitrogens is 1. The van der Waals surface area contributed by atoms with E-state index in [-0.39, 0.29) is 17.5 Å². The fourth-order valence-corrected chi connectivity index (χ4v) is 3.03. The van der Waals surface area contributed by atoms with Crippen molar-refractivity contribution in [1.82, 2.24) is 20.2 Å². The molecule has 1 atom stereocenters. The summed E-state index contributed by atoms with van der Waals surface area (Å²) < 4.78 is 0. The van der Waals surface area contributed by atoms with Crippen LogP contribution < -0.4 is 5.32 Å². The monoisotopic (exact) mass is 312 g/mol. The van der Waals surface area contributed by atoms with Gasteiger partial charge in [0.05, 0.1) is 12.6 Å². The Morgan fingerprint density at radius 1 is 1.35 bits per heavy atom. The van der Waals surface area contributed by atoms with E-state index in [9.17, 15) is 4.79 Å². The fourth-order valence-electron chi connectivity index (χ4n) is 3.03. The summed E-state index contributed by atoms with van der Waals surface area (Å²) in [6, 6.07) is 8.19. The van der Waals surface area contributed by atoms with Crippen LogP contribution in [0.15, 0.2) is 36.7 Å². The highest BCUT2D eigenvalue weighted by Gasteiger charge is 2.33. The zero-order valence-corrected chi connectivity index (χ0v) is 14.0. The highest BCUT2D eigenvalue weighted by atomic mass is 16.2. The molecule has 1 aliphatic heterocycles. The molecule has 2 heterocycles. The Morgan fingerprint density at radius 2 is 2.09 bits per heavy atom. The molecule has 0 fully saturated rings. The number of nitrogens with one attached hydrogen (secondary N) is 2. The minimum absolute atomic E-state index is 0.0820. The summed E-state index contributed by atoms with van der Waals surface area (Å²) in [6.45, 7) is 7.44. The molecular formula is C18H24N4O. The third-order valence-corrected chi connectivity index (χ3v) is 4.05. The van der Waals surface area contributed by atoms with Crippen LogP contribution >= 0.6 is 0 Å². The average Bonchev–Trinajstić information content (AvgIpc) is 2.97. The van der Waals surface area contributed by atoms with E-state index in [0.29, 0.717) is 6.54 Å². The van der Waals surface area contributed by atoms with Crippen LogP contribution in [-0.2, 0) is 24.3 Å². The molecule has 0 bridgehead atoms. The van der Waals surface area contributed by atoms with Crippen LogP contribution in [0.3, 0.4) is 0 Å². The average molecular weight is 312 g/mol. The van der Waals surface area contributed by atoms with Crippen molar-refractivity contribution < 1.29 is 4.79 Å². The van der Waals surface area contributed by atoms with Gasteiger partial charge in [0.25, 0.3) is 0 Å². The first-order valence-electron chi connectivity index (χ1n) is 8.03. The molecule has 1 aromatic heterocycles. The number of aromatic nitrogens is 2. The van der Waals surface area contributed by atoms with E-state index in [1.54, 1.807) is 6.20 Å². The van der Waals surface area contributed by atoms with Crippen molar-refractivity contribution in [2.75, 3.05) is 0 Å². The van der Waals surface area contributed by atoms with Crippen LogP contribution in [0.5, 0.6) is 0 Å². The molecule has 5 nitrogen and oxygen atoms in total. The number of carbonyl (C=O) groups excluding carboxylic acids is 1. The molecule has 1 amide bonds. The molecule has 1 aromatic carbocycles. The predicted octanol–water partition coefficient (Wildman–Crippen LogP) is 2.25. The van der Waals surface area contributed by atoms with Crippen molar-refractivity contribution in [2.45, 2.75) is 51.9 Å². The Balaban J connectivity index is 1.85. The fraction of sp³-hybridized carbons (Fsp3) is 0.444. The van der Waals surface area contributed by atoms with Gasteiger partial charge in [-0.25, -0.2) is 4.98 Å². The highest BCUT2D eigenvalue weighted by Crippen LogP contribution is 2.25. The molecule has 2 N–H and O–H groups in total. The quantitative estimate of drug-likeness (QED) is 0.914. The second-order valence-corrected chi connectivity index (χ2v) is 7.17. The van der Waals surface area contributed by atoms with E-state index in [4.69, 9.17) is 0 Å². The lowest BCUT2D eigenvalue weighted by atomic mass is 9.93. The second kappa shape index (κ2) is 6.16. The SMILES string of the molecule is CC(C)(C)NC(=O)[C@@H]1Cc2ccccc2CN1Cc1ncc[nH]1. The molecule has 2 aromatic rings. The Kier molecular flexibility index (Phi) is 4.22. The van der Waals surface area contributed by atoms with E-state index in [1.165, 1.54) is 11.1 Å². The summed E-state index contributed by atoms with van der Waals surface area (Å²) in [5, 5.41) is 3.12. The lowest BCUT2D eigenvalue weighted by molar-refractivity contribution is -0.128. The third-order valence-electron chi connectivity index (χ3n) is 4.05. The molecule has 0 saturated heterocycles. The van der Waals surface area contributed by atoms with Crippen LogP contribution in [0, 0.1) is 0 Å². The van der Waals surface area contributed by atoms with Crippen molar-refractivity contribution >= 4 is 5.91 Å². The zero-order valence-electron chi connectivity index (χ0n) is 14.0. The van der Waals surface area contributed by atoms with Crippen LogP contribution in [0.4, 0.5) is 0 Å². The maximum Gasteiger partial charge on any atom is 0.238 e. The number of hydrogen-bond acceptors (Lipinski definition) is 3. The van der Waals surface area contributed by atoms with Gasteiger partial charge in [0.1, 0.15) is 5.82 Å². The minimum Gasteiger partial charge on any atom is -0.350 e. The highest BCUT2D eigenvalue weighted by molar-refractivity contribution is 5.83.